The predicted molar refractivity (Wildman–Crippen MR) is 343 cm³/mol. The first-order valence-electron chi connectivity index (χ1n) is 33.4. The van der Waals surface area contributed by atoms with E-state index in [-0.39, 0.29) is 31.1 Å². The van der Waals surface area contributed by atoms with Crippen LogP contribution >= 0.6 is 0 Å². The lowest BCUT2D eigenvalue weighted by atomic mass is 10.0. The van der Waals surface area contributed by atoms with Crippen molar-refractivity contribution in [2.45, 2.75) is 322 Å². The zero-order valence-electron chi connectivity index (χ0n) is 51.9. The Kier molecular flexibility index (Phi) is 63.3. The molecule has 0 aromatic heterocycles. The Morgan fingerprint density at radius 3 is 0.772 bits per heavy atom. The molecule has 0 aliphatic heterocycles. The van der Waals surface area contributed by atoms with Gasteiger partial charge >= 0.3 is 17.9 Å². The molecule has 0 aromatic rings. The SMILES string of the molecule is CC/C=C\C/C=C\C/C=C\C/C=C\C/C=C\C/C=C\CCCCCCCCCCCCCCC(=O)OCC(COC(=O)CCCCCCCCCCC)OC(=O)CCCCCCCC/C=C\C/C=C\C/C=C\CCCCCCC. The summed E-state index contributed by atoms with van der Waals surface area (Å²) in [6.07, 6.45) is 91.1. The highest BCUT2D eigenvalue weighted by Crippen LogP contribution is 2.16. The Balaban J connectivity index is 4.20. The molecule has 0 spiro atoms. The van der Waals surface area contributed by atoms with Crippen molar-refractivity contribution in [1.82, 2.24) is 0 Å². The quantitative estimate of drug-likeness (QED) is 0.0261. The van der Waals surface area contributed by atoms with E-state index in [4.69, 9.17) is 14.2 Å². The predicted octanol–water partition coefficient (Wildman–Crippen LogP) is 23.0. The molecule has 6 heteroatoms. The fourth-order valence-electron chi connectivity index (χ4n) is 9.28. The minimum atomic E-state index is -0.785. The van der Waals surface area contributed by atoms with Gasteiger partial charge in [0.2, 0.25) is 0 Å². The van der Waals surface area contributed by atoms with Gasteiger partial charge in [-0.2, -0.15) is 0 Å². The maximum absolute atomic E-state index is 12.9. The molecule has 0 saturated heterocycles. The summed E-state index contributed by atoms with van der Waals surface area (Å²) in [6.45, 7) is 6.50. The summed E-state index contributed by atoms with van der Waals surface area (Å²) in [5.41, 5.74) is 0. The molecule has 79 heavy (non-hydrogen) atoms. The molecule has 0 radical (unpaired) electrons. The average molecular weight is 1100 g/mol. The van der Waals surface area contributed by atoms with Gasteiger partial charge in [-0.15, -0.1) is 0 Å². The van der Waals surface area contributed by atoms with Gasteiger partial charge in [0.05, 0.1) is 0 Å². The molecule has 0 aromatic carbocycles. The molecule has 6 nitrogen and oxygen atoms in total. The molecule has 0 rings (SSSR count). The van der Waals surface area contributed by atoms with Crippen LogP contribution in [0.15, 0.2) is 109 Å². The molecule has 1 atom stereocenters. The van der Waals surface area contributed by atoms with E-state index in [0.717, 1.165) is 122 Å². The van der Waals surface area contributed by atoms with Crippen LogP contribution in [-0.4, -0.2) is 37.2 Å². The van der Waals surface area contributed by atoms with Crippen LogP contribution in [0.1, 0.15) is 316 Å². The van der Waals surface area contributed by atoms with Crippen molar-refractivity contribution < 1.29 is 28.6 Å². The van der Waals surface area contributed by atoms with Gasteiger partial charge in [0.1, 0.15) is 13.2 Å². The second-order valence-electron chi connectivity index (χ2n) is 22.0. The number of carbonyl (C=O) groups is 3. The van der Waals surface area contributed by atoms with Gasteiger partial charge in [-0.05, 0) is 109 Å². The fraction of sp³-hybridized carbons (Fsp3) is 0.712. The van der Waals surface area contributed by atoms with E-state index in [1.807, 2.05) is 0 Å². The first kappa shape index (κ1) is 75.1. The molecule has 1 unspecified atom stereocenters. The number of hydrogen-bond acceptors (Lipinski definition) is 6. The van der Waals surface area contributed by atoms with Crippen molar-refractivity contribution in [2.75, 3.05) is 13.2 Å². The van der Waals surface area contributed by atoms with Crippen LogP contribution < -0.4 is 0 Å². The van der Waals surface area contributed by atoms with Gasteiger partial charge in [-0.3, -0.25) is 14.4 Å². The van der Waals surface area contributed by atoms with Gasteiger partial charge in [-0.1, -0.05) is 297 Å². The van der Waals surface area contributed by atoms with Crippen molar-refractivity contribution in [2.24, 2.45) is 0 Å². The van der Waals surface area contributed by atoms with Crippen molar-refractivity contribution >= 4 is 17.9 Å². The maximum Gasteiger partial charge on any atom is 0.306 e. The van der Waals surface area contributed by atoms with Crippen molar-refractivity contribution in [3.05, 3.63) is 109 Å². The van der Waals surface area contributed by atoms with Gasteiger partial charge < -0.3 is 14.2 Å². The van der Waals surface area contributed by atoms with Crippen molar-refractivity contribution in [1.29, 1.82) is 0 Å². The van der Waals surface area contributed by atoms with E-state index in [1.165, 1.54) is 154 Å². The normalized spacial score (nSPS) is 12.8. The molecule has 0 N–H and O–H groups in total. The van der Waals surface area contributed by atoms with Crippen LogP contribution in [0.5, 0.6) is 0 Å². The highest BCUT2D eigenvalue weighted by atomic mass is 16.6. The number of rotatable bonds is 60. The number of unbranched alkanes of at least 4 members (excludes halogenated alkanes) is 31. The van der Waals surface area contributed by atoms with Crippen LogP contribution in [0.2, 0.25) is 0 Å². The smallest absolute Gasteiger partial charge is 0.306 e. The van der Waals surface area contributed by atoms with Crippen molar-refractivity contribution in [3.63, 3.8) is 0 Å². The molecule has 0 amide bonds. The third kappa shape index (κ3) is 64.8. The van der Waals surface area contributed by atoms with Gasteiger partial charge in [0.25, 0.3) is 0 Å². The Bertz CT molecular complexity index is 1590. The molecular weight excluding hydrogens is 973 g/mol. The Hall–Kier alpha value is -3.93. The highest BCUT2D eigenvalue weighted by Gasteiger charge is 2.19. The number of ether oxygens (including phenoxy) is 3. The Labute approximate surface area is 489 Å². The van der Waals surface area contributed by atoms with E-state index in [0.29, 0.717) is 19.3 Å². The first-order chi connectivity index (χ1) is 39.0. The van der Waals surface area contributed by atoms with Crippen LogP contribution in [0.25, 0.3) is 0 Å². The Morgan fingerprint density at radius 2 is 0.494 bits per heavy atom. The lowest BCUT2D eigenvalue weighted by molar-refractivity contribution is -0.167. The number of carbonyl (C=O) groups excluding carboxylic acids is 3. The van der Waals surface area contributed by atoms with Gasteiger partial charge in [0, 0.05) is 19.3 Å². The third-order valence-corrected chi connectivity index (χ3v) is 14.3. The monoisotopic (exact) mass is 1100 g/mol. The molecule has 0 heterocycles. The summed E-state index contributed by atoms with van der Waals surface area (Å²) < 4.78 is 16.9. The van der Waals surface area contributed by atoms with Crippen LogP contribution in [0, 0.1) is 0 Å². The molecule has 0 fully saturated rings. The van der Waals surface area contributed by atoms with E-state index in [1.54, 1.807) is 0 Å². The zero-order chi connectivity index (χ0) is 57.1. The van der Waals surface area contributed by atoms with Gasteiger partial charge in [0.15, 0.2) is 6.10 Å². The summed E-state index contributed by atoms with van der Waals surface area (Å²) >= 11 is 0. The second-order valence-corrected chi connectivity index (χ2v) is 22.0. The average Bonchev–Trinajstić information content (AvgIpc) is 3.45. The summed E-state index contributed by atoms with van der Waals surface area (Å²) in [4.78, 5) is 38.2. The number of hydrogen-bond donors (Lipinski definition) is 0. The molecule has 0 aliphatic carbocycles. The highest BCUT2D eigenvalue weighted by molar-refractivity contribution is 5.71. The lowest BCUT2D eigenvalue weighted by Crippen LogP contribution is -2.30. The summed E-state index contributed by atoms with van der Waals surface area (Å²) in [7, 11) is 0. The van der Waals surface area contributed by atoms with Crippen LogP contribution in [-0.2, 0) is 28.6 Å². The van der Waals surface area contributed by atoms with E-state index < -0.39 is 6.10 Å². The molecule has 0 saturated carbocycles. The van der Waals surface area contributed by atoms with Crippen LogP contribution in [0.4, 0.5) is 0 Å². The molecule has 0 aliphatic rings. The minimum absolute atomic E-state index is 0.0816. The van der Waals surface area contributed by atoms with E-state index in [2.05, 4.69) is 130 Å². The molecular formula is C73H124O6. The van der Waals surface area contributed by atoms with Crippen LogP contribution in [0.3, 0.4) is 0 Å². The fourth-order valence-corrected chi connectivity index (χ4v) is 9.28. The standard InChI is InChI=1S/C73H124O6/c1-4-7-10-13-16-19-21-23-25-27-29-31-32-33-34-35-36-37-38-39-40-42-43-45-47-49-51-54-57-60-63-66-72(75)78-69-70(68-77-71(74)65-62-59-56-53-18-15-12-9-6-3)79-73(76)67-64-61-58-55-52-50-48-46-44-41-30-28-26-24-22-20-17-14-11-8-5-2/h7,10,16,19,22-25,28-31,33-34,36-37,44,46,70H,4-6,8-9,11-15,17-18,20-21,26-27,32,35,38-43,45,47-69H2,1-3H3/b10-7-,19-16-,24-22-,25-23-,30-28-,31-29-,34-33-,37-36-,46-44-. The number of esters is 3. The van der Waals surface area contributed by atoms with Gasteiger partial charge in [-0.25, -0.2) is 0 Å². The number of allylic oxidation sites excluding steroid dienone is 18. The lowest BCUT2D eigenvalue weighted by Gasteiger charge is -2.18. The van der Waals surface area contributed by atoms with Crippen molar-refractivity contribution in [3.8, 4) is 0 Å². The minimum Gasteiger partial charge on any atom is -0.462 e. The summed E-state index contributed by atoms with van der Waals surface area (Å²) in [6, 6.07) is 0. The molecule has 452 valence electrons. The summed E-state index contributed by atoms with van der Waals surface area (Å²) in [5, 5.41) is 0. The Morgan fingerprint density at radius 1 is 0.266 bits per heavy atom. The summed E-state index contributed by atoms with van der Waals surface area (Å²) in [5.74, 6) is -0.890. The maximum atomic E-state index is 12.9. The first-order valence-corrected chi connectivity index (χ1v) is 33.4. The van der Waals surface area contributed by atoms with E-state index >= 15 is 0 Å². The second kappa shape index (κ2) is 66.6. The van der Waals surface area contributed by atoms with E-state index in [9.17, 15) is 14.4 Å². The zero-order valence-corrected chi connectivity index (χ0v) is 51.9. The largest absolute Gasteiger partial charge is 0.462 e. The topological polar surface area (TPSA) is 78.9 Å². The third-order valence-electron chi connectivity index (χ3n) is 14.3. The molecule has 0 bridgehead atoms.